The van der Waals surface area contributed by atoms with Gasteiger partial charge in [-0.05, 0) is 49.7 Å². The molecule has 1 aliphatic rings. The van der Waals surface area contributed by atoms with Crippen molar-refractivity contribution in [1.82, 2.24) is 14.1 Å². The molecule has 3 heterocycles. The van der Waals surface area contributed by atoms with Gasteiger partial charge in [-0.3, -0.25) is 9.59 Å². The van der Waals surface area contributed by atoms with E-state index in [9.17, 15) is 14.4 Å². The molecule has 0 aliphatic carbocycles. The van der Waals surface area contributed by atoms with Crippen molar-refractivity contribution in [2.75, 3.05) is 12.1 Å². The largest absolute Gasteiger partial charge is 0.454 e. The summed E-state index contributed by atoms with van der Waals surface area (Å²) < 4.78 is 12.9. The third kappa shape index (κ3) is 3.63. The molecular formula is C24H20N4O5. The van der Waals surface area contributed by atoms with Gasteiger partial charge < -0.3 is 14.8 Å². The highest BCUT2D eigenvalue weighted by Crippen LogP contribution is 2.34. The second-order valence-electron chi connectivity index (χ2n) is 7.74. The fraction of sp³-hybridized carbons (Fsp3) is 0.167. The molecule has 2 aromatic carbocycles. The lowest BCUT2D eigenvalue weighted by molar-refractivity contribution is -0.116. The Balaban J connectivity index is 1.60. The zero-order valence-corrected chi connectivity index (χ0v) is 18.0. The van der Waals surface area contributed by atoms with Crippen LogP contribution >= 0.6 is 0 Å². The first kappa shape index (κ1) is 20.5. The fourth-order valence-corrected chi connectivity index (χ4v) is 3.94. The van der Waals surface area contributed by atoms with Gasteiger partial charge in [0.1, 0.15) is 6.54 Å². The van der Waals surface area contributed by atoms with E-state index in [0.29, 0.717) is 39.5 Å². The Hall–Kier alpha value is -4.40. The number of pyridine rings is 1. The summed E-state index contributed by atoms with van der Waals surface area (Å²) in [5.74, 6) is 0.576. The van der Waals surface area contributed by atoms with Crippen LogP contribution in [0.15, 0.2) is 64.2 Å². The molecule has 4 aromatic rings. The van der Waals surface area contributed by atoms with Gasteiger partial charge >= 0.3 is 5.69 Å². The average Bonchev–Trinajstić information content (AvgIpc) is 3.25. The minimum atomic E-state index is -0.642. The number of fused-ring (bicyclic) bond motifs is 2. The molecule has 9 nitrogen and oxygen atoms in total. The molecule has 0 atom stereocenters. The van der Waals surface area contributed by atoms with E-state index < -0.39 is 23.7 Å². The van der Waals surface area contributed by atoms with Gasteiger partial charge in [-0.15, -0.1) is 0 Å². The molecule has 33 heavy (non-hydrogen) atoms. The monoisotopic (exact) mass is 444 g/mol. The maximum absolute atomic E-state index is 13.4. The number of aromatic nitrogens is 3. The molecule has 0 saturated heterocycles. The van der Waals surface area contributed by atoms with Gasteiger partial charge in [0.05, 0.1) is 11.1 Å². The number of ether oxygens (including phenoxy) is 2. The van der Waals surface area contributed by atoms with Crippen molar-refractivity contribution < 1.29 is 14.3 Å². The van der Waals surface area contributed by atoms with E-state index in [4.69, 9.17) is 9.47 Å². The molecule has 0 radical (unpaired) electrons. The number of nitrogens with zero attached hydrogens (tertiary/aromatic N) is 3. The Morgan fingerprint density at radius 1 is 1.03 bits per heavy atom. The minimum Gasteiger partial charge on any atom is -0.454 e. The first-order valence-corrected chi connectivity index (χ1v) is 10.3. The lowest BCUT2D eigenvalue weighted by Gasteiger charge is -2.15. The molecule has 9 heteroatoms. The predicted octanol–water partition coefficient (Wildman–Crippen LogP) is 2.53. The van der Waals surface area contributed by atoms with E-state index in [1.165, 1.54) is 4.57 Å². The Bertz CT molecular complexity index is 1520. The third-order valence-corrected chi connectivity index (χ3v) is 5.39. The topological polar surface area (TPSA) is 104 Å². The van der Waals surface area contributed by atoms with Crippen LogP contribution in [-0.2, 0) is 11.3 Å². The number of rotatable bonds is 4. The van der Waals surface area contributed by atoms with E-state index in [0.717, 1.165) is 4.57 Å². The SMILES string of the molecule is Cc1cc(C)c2c(=O)n(CC(=O)Nc3ccc4c(c3)OCO4)c(=O)n(-c3ccccc3)c2n1. The van der Waals surface area contributed by atoms with Crippen molar-refractivity contribution in [1.29, 1.82) is 0 Å². The lowest BCUT2D eigenvalue weighted by Crippen LogP contribution is -2.42. The molecule has 1 amide bonds. The Morgan fingerprint density at radius 3 is 2.58 bits per heavy atom. The van der Waals surface area contributed by atoms with Crippen molar-refractivity contribution in [2.45, 2.75) is 20.4 Å². The number of aryl methyl sites for hydroxylation is 2. The molecule has 0 bridgehead atoms. The van der Waals surface area contributed by atoms with E-state index in [2.05, 4.69) is 10.3 Å². The summed E-state index contributed by atoms with van der Waals surface area (Å²) in [6.07, 6.45) is 0. The van der Waals surface area contributed by atoms with Crippen LogP contribution in [0.5, 0.6) is 11.5 Å². The molecule has 5 rings (SSSR count). The van der Waals surface area contributed by atoms with Gasteiger partial charge in [-0.2, -0.15) is 0 Å². The third-order valence-electron chi connectivity index (χ3n) is 5.39. The van der Waals surface area contributed by atoms with Crippen molar-refractivity contribution in [2.24, 2.45) is 0 Å². The summed E-state index contributed by atoms with van der Waals surface area (Å²) >= 11 is 0. The normalized spacial score (nSPS) is 12.2. The molecule has 0 fully saturated rings. The van der Waals surface area contributed by atoms with Crippen LogP contribution in [0.25, 0.3) is 16.7 Å². The minimum absolute atomic E-state index is 0.116. The first-order valence-electron chi connectivity index (χ1n) is 10.3. The van der Waals surface area contributed by atoms with E-state index in [1.807, 2.05) is 6.07 Å². The van der Waals surface area contributed by atoms with E-state index in [-0.39, 0.29) is 12.4 Å². The van der Waals surface area contributed by atoms with Crippen LogP contribution in [0, 0.1) is 13.8 Å². The number of anilines is 1. The molecule has 1 aliphatic heterocycles. The van der Waals surface area contributed by atoms with Gasteiger partial charge in [0.15, 0.2) is 17.1 Å². The summed E-state index contributed by atoms with van der Waals surface area (Å²) in [5.41, 5.74) is 1.44. The average molecular weight is 444 g/mol. The highest BCUT2D eigenvalue weighted by molar-refractivity contribution is 5.91. The van der Waals surface area contributed by atoms with Crippen molar-refractivity contribution >= 4 is 22.6 Å². The standard InChI is InChI=1S/C24H20N4O5/c1-14-10-15(2)25-22-21(14)23(30)27(24(31)28(22)17-6-4-3-5-7-17)12-20(29)26-16-8-9-18-19(11-16)33-13-32-18/h3-11H,12-13H2,1-2H3,(H,26,29). The van der Waals surface area contributed by atoms with Gasteiger partial charge in [0.2, 0.25) is 12.7 Å². The summed E-state index contributed by atoms with van der Waals surface area (Å²) in [7, 11) is 0. The number of benzene rings is 2. The van der Waals surface area contributed by atoms with Crippen LogP contribution in [0.1, 0.15) is 11.3 Å². The molecular weight excluding hydrogens is 424 g/mol. The number of carbonyl (C=O) groups is 1. The second-order valence-corrected chi connectivity index (χ2v) is 7.74. The number of amides is 1. The lowest BCUT2D eigenvalue weighted by atomic mass is 10.1. The van der Waals surface area contributed by atoms with Crippen LogP contribution < -0.4 is 26.0 Å². The zero-order valence-electron chi connectivity index (χ0n) is 18.0. The Labute approximate surface area is 187 Å². The molecule has 0 unspecified atom stereocenters. The van der Waals surface area contributed by atoms with Crippen molar-refractivity contribution in [3.8, 4) is 17.2 Å². The molecule has 166 valence electrons. The Morgan fingerprint density at radius 2 is 1.79 bits per heavy atom. The Kier molecular flexibility index (Phi) is 4.93. The van der Waals surface area contributed by atoms with Crippen LogP contribution in [0.2, 0.25) is 0 Å². The maximum atomic E-state index is 13.4. The highest BCUT2D eigenvalue weighted by atomic mass is 16.7. The van der Waals surface area contributed by atoms with E-state index >= 15 is 0 Å². The molecule has 0 saturated carbocycles. The van der Waals surface area contributed by atoms with E-state index in [1.54, 1.807) is 62.4 Å². The number of hydrogen-bond acceptors (Lipinski definition) is 6. The molecule has 0 spiro atoms. The molecule has 1 N–H and O–H groups in total. The smallest absolute Gasteiger partial charge is 0.337 e. The number of nitrogens with one attached hydrogen (secondary N) is 1. The summed E-state index contributed by atoms with van der Waals surface area (Å²) in [6.45, 7) is 3.25. The van der Waals surface area contributed by atoms with Crippen LogP contribution in [-0.4, -0.2) is 26.8 Å². The number of hydrogen-bond donors (Lipinski definition) is 1. The van der Waals surface area contributed by atoms with Gasteiger partial charge in [0.25, 0.3) is 5.56 Å². The van der Waals surface area contributed by atoms with Gasteiger partial charge in [0, 0.05) is 17.4 Å². The zero-order chi connectivity index (χ0) is 23.1. The predicted molar refractivity (Wildman–Crippen MR) is 122 cm³/mol. The second kappa shape index (κ2) is 7.94. The maximum Gasteiger partial charge on any atom is 0.337 e. The number of carbonyl (C=O) groups excluding carboxylic acids is 1. The summed E-state index contributed by atoms with van der Waals surface area (Å²) in [6, 6.07) is 15.7. The molecule has 2 aromatic heterocycles. The highest BCUT2D eigenvalue weighted by Gasteiger charge is 2.20. The quantitative estimate of drug-likeness (QED) is 0.519. The summed E-state index contributed by atoms with van der Waals surface area (Å²) in [4.78, 5) is 44.0. The fourth-order valence-electron chi connectivity index (χ4n) is 3.94. The number of para-hydroxylation sites is 1. The van der Waals surface area contributed by atoms with Crippen molar-refractivity contribution in [3.63, 3.8) is 0 Å². The van der Waals surface area contributed by atoms with Gasteiger partial charge in [-0.1, -0.05) is 18.2 Å². The van der Waals surface area contributed by atoms with Gasteiger partial charge in [-0.25, -0.2) is 18.9 Å². The van der Waals surface area contributed by atoms with Crippen molar-refractivity contribution in [3.05, 3.63) is 86.7 Å². The van der Waals surface area contributed by atoms with Crippen LogP contribution in [0.4, 0.5) is 5.69 Å². The summed E-state index contributed by atoms with van der Waals surface area (Å²) in [5, 5.41) is 3.00. The van der Waals surface area contributed by atoms with Crippen LogP contribution in [0.3, 0.4) is 0 Å². The first-order chi connectivity index (χ1) is 15.9.